The molecule has 0 aromatic rings. The lowest BCUT2D eigenvalue weighted by Crippen LogP contribution is -2.46. The minimum Gasteiger partial charge on any atom is -0.548 e. The van der Waals surface area contributed by atoms with Gasteiger partial charge in [-0.2, -0.15) is 0 Å². The second kappa shape index (κ2) is 4.91. The van der Waals surface area contributed by atoms with Gasteiger partial charge in [0.25, 0.3) is 0 Å². The monoisotopic (exact) mass is 156 g/mol. The van der Waals surface area contributed by atoms with E-state index in [0.29, 0.717) is 13.1 Å². The number of carboxylic acid groups (broad SMARTS) is 1. The predicted octanol–water partition coefficient (Wildman–Crippen LogP) is -0.367. The van der Waals surface area contributed by atoms with Crippen molar-refractivity contribution in [3.8, 4) is 0 Å². The van der Waals surface area contributed by atoms with Gasteiger partial charge in [0.05, 0.1) is 12.0 Å². The Balaban J connectivity index is 4.20. The van der Waals surface area contributed by atoms with Gasteiger partial charge in [0, 0.05) is 0 Å². The summed E-state index contributed by atoms with van der Waals surface area (Å²) < 4.78 is 0. The first-order valence-corrected chi connectivity index (χ1v) is 3.74. The van der Waals surface area contributed by atoms with Crippen LogP contribution in [0.3, 0.4) is 0 Å². The lowest BCUT2D eigenvalue weighted by molar-refractivity contribution is -0.309. The Labute approximate surface area is 67.3 Å². The summed E-state index contributed by atoms with van der Waals surface area (Å²) in [7, 11) is 0. The lowest BCUT2D eigenvalue weighted by atomic mass is 10.2. The third-order valence-electron chi connectivity index (χ3n) is 1.67. The van der Waals surface area contributed by atoms with Crippen molar-refractivity contribution in [1.29, 1.82) is 0 Å². The zero-order chi connectivity index (χ0) is 8.85. The summed E-state index contributed by atoms with van der Waals surface area (Å²) in [6, 6.07) is -0.648. The van der Waals surface area contributed by atoms with Crippen molar-refractivity contribution < 1.29 is 9.90 Å². The number of carbonyl (C=O) groups excluding carboxylic acids is 1. The average molecular weight is 156 g/mol. The van der Waals surface area contributed by atoms with E-state index in [1.165, 1.54) is 6.08 Å². The highest BCUT2D eigenvalue weighted by molar-refractivity contribution is 5.73. The summed E-state index contributed by atoms with van der Waals surface area (Å²) in [4.78, 5) is 12.2. The number of hydrogen-bond donors (Lipinski definition) is 0. The van der Waals surface area contributed by atoms with E-state index in [2.05, 4.69) is 6.58 Å². The van der Waals surface area contributed by atoms with E-state index in [4.69, 9.17) is 0 Å². The Kier molecular flexibility index (Phi) is 4.54. The summed E-state index contributed by atoms with van der Waals surface area (Å²) in [6.07, 6.45) is 1.39. The summed E-state index contributed by atoms with van der Waals surface area (Å²) >= 11 is 0. The Bertz CT molecular complexity index is 141. The van der Waals surface area contributed by atoms with Gasteiger partial charge in [-0.3, -0.25) is 4.90 Å². The molecule has 0 rings (SSSR count). The quantitative estimate of drug-likeness (QED) is 0.510. The molecule has 3 nitrogen and oxygen atoms in total. The highest BCUT2D eigenvalue weighted by Crippen LogP contribution is 1.98. The van der Waals surface area contributed by atoms with Crippen LogP contribution in [-0.2, 0) is 4.79 Å². The normalized spacial score (nSPS) is 13.0. The molecule has 0 aromatic heterocycles. The maximum atomic E-state index is 10.5. The van der Waals surface area contributed by atoms with Crippen LogP contribution in [0, 0.1) is 0 Å². The minimum atomic E-state index is -1.08. The van der Waals surface area contributed by atoms with Gasteiger partial charge in [-0.25, -0.2) is 0 Å². The molecule has 1 atom stereocenters. The van der Waals surface area contributed by atoms with Crippen LogP contribution in [0.1, 0.15) is 13.8 Å². The van der Waals surface area contributed by atoms with E-state index in [1.807, 2.05) is 13.8 Å². The number of aliphatic carboxylic acids is 1. The maximum Gasteiger partial charge on any atom is 0.0676 e. The first-order chi connectivity index (χ1) is 5.17. The minimum absolute atomic E-state index is 0.648. The zero-order valence-electron chi connectivity index (χ0n) is 7.04. The standard InChI is InChI=1S/C8H15NO2/c1-4-7(8(10)11)9(5-2)6-3/h4,7H,1,5-6H2,2-3H3,(H,10,11)/p-1. The van der Waals surface area contributed by atoms with Crippen molar-refractivity contribution in [3.05, 3.63) is 12.7 Å². The largest absolute Gasteiger partial charge is 0.548 e. The average Bonchev–Trinajstić information content (AvgIpc) is 1.99. The molecule has 0 saturated carbocycles. The molecule has 0 saturated heterocycles. The van der Waals surface area contributed by atoms with Crippen LogP contribution in [-0.4, -0.2) is 30.0 Å². The first kappa shape index (κ1) is 10.2. The van der Waals surface area contributed by atoms with Gasteiger partial charge >= 0.3 is 0 Å². The third kappa shape index (κ3) is 2.72. The molecule has 0 aromatic carbocycles. The third-order valence-corrected chi connectivity index (χ3v) is 1.67. The van der Waals surface area contributed by atoms with Crippen LogP contribution in [0.2, 0.25) is 0 Å². The second-order valence-corrected chi connectivity index (χ2v) is 2.22. The number of nitrogens with zero attached hydrogens (tertiary/aromatic N) is 1. The van der Waals surface area contributed by atoms with Gasteiger partial charge < -0.3 is 9.90 Å². The van der Waals surface area contributed by atoms with E-state index in [1.54, 1.807) is 4.90 Å². The number of carboxylic acids is 1. The molecule has 0 N–H and O–H groups in total. The van der Waals surface area contributed by atoms with Gasteiger partial charge in [0.2, 0.25) is 0 Å². The number of rotatable bonds is 5. The fraction of sp³-hybridized carbons (Fsp3) is 0.625. The fourth-order valence-corrected chi connectivity index (χ4v) is 1.01. The van der Waals surface area contributed by atoms with E-state index in [-0.39, 0.29) is 0 Å². The Morgan fingerprint density at radius 2 is 2.09 bits per heavy atom. The van der Waals surface area contributed by atoms with Crippen LogP contribution >= 0.6 is 0 Å². The Morgan fingerprint density at radius 3 is 2.18 bits per heavy atom. The fourth-order valence-electron chi connectivity index (χ4n) is 1.01. The van der Waals surface area contributed by atoms with Crippen molar-refractivity contribution in [1.82, 2.24) is 4.90 Å². The van der Waals surface area contributed by atoms with Crippen molar-refractivity contribution in [3.63, 3.8) is 0 Å². The van der Waals surface area contributed by atoms with Gasteiger partial charge in [-0.15, -0.1) is 6.58 Å². The molecular formula is C8H14NO2-. The molecule has 64 valence electrons. The van der Waals surface area contributed by atoms with Crippen molar-refractivity contribution in [2.24, 2.45) is 0 Å². The summed E-state index contributed by atoms with van der Waals surface area (Å²) in [6.45, 7) is 8.64. The lowest BCUT2D eigenvalue weighted by Gasteiger charge is -2.27. The molecule has 0 aliphatic rings. The summed E-state index contributed by atoms with van der Waals surface area (Å²) in [5.41, 5.74) is 0. The summed E-state index contributed by atoms with van der Waals surface area (Å²) in [5.74, 6) is -1.08. The SMILES string of the molecule is C=CC(C(=O)[O-])N(CC)CC. The highest BCUT2D eigenvalue weighted by Gasteiger charge is 2.11. The summed E-state index contributed by atoms with van der Waals surface area (Å²) in [5, 5.41) is 10.5. The van der Waals surface area contributed by atoms with Crippen LogP contribution in [0.4, 0.5) is 0 Å². The zero-order valence-corrected chi connectivity index (χ0v) is 7.04. The Morgan fingerprint density at radius 1 is 1.64 bits per heavy atom. The van der Waals surface area contributed by atoms with Crippen LogP contribution < -0.4 is 5.11 Å². The molecule has 0 heterocycles. The van der Waals surface area contributed by atoms with Crippen LogP contribution in [0.15, 0.2) is 12.7 Å². The van der Waals surface area contributed by atoms with E-state index < -0.39 is 12.0 Å². The van der Waals surface area contributed by atoms with Crippen LogP contribution in [0.25, 0.3) is 0 Å². The van der Waals surface area contributed by atoms with E-state index in [9.17, 15) is 9.90 Å². The van der Waals surface area contributed by atoms with E-state index in [0.717, 1.165) is 0 Å². The predicted molar refractivity (Wildman–Crippen MR) is 41.9 cm³/mol. The van der Waals surface area contributed by atoms with Crippen molar-refractivity contribution >= 4 is 5.97 Å². The molecule has 0 radical (unpaired) electrons. The Hall–Kier alpha value is -0.830. The van der Waals surface area contributed by atoms with Crippen LogP contribution in [0.5, 0.6) is 0 Å². The molecular weight excluding hydrogens is 142 g/mol. The van der Waals surface area contributed by atoms with Crippen molar-refractivity contribution in [2.45, 2.75) is 19.9 Å². The van der Waals surface area contributed by atoms with E-state index >= 15 is 0 Å². The number of hydrogen-bond acceptors (Lipinski definition) is 3. The van der Waals surface area contributed by atoms with Gasteiger partial charge in [0.15, 0.2) is 0 Å². The molecule has 3 heteroatoms. The second-order valence-electron chi connectivity index (χ2n) is 2.22. The number of likely N-dealkylation sites (N-methyl/N-ethyl adjacent to an activating group) is 1. The van der Waals surface area contributed by atoms with Gasteiger partial charge in [0.1, 0.15) is 0 Å². The molecule has 0 bridgehead atoms. The molecule has 1 unspecified atom stereocenters. The van der Waals surface area contributed by atoms with Gasteiger partial charge in [-0.1, -0.05) is 19.9 Å². The number of carbonyl (C=O) groups is 1. The molecule has 0 aliphatic carbocycles. The van der Waals surface area contributed by atoms with Crippen molar-refractivity contribution in [2.75, 3.05) is 13.1 Å². The van der Waals surface area contributed by atoms with Gasteiger partial charge in [-0.05, 0) is 13.1 Å². The molecule has 0 amide bonds. The smallest absolute Gasteiger partial charge is 0.0676 e. The maximum absolute atomic E-state index is 10.5. The molecule has 0 spiro atoms. The molecule has 0 fully saturated rings. The molecule has 0 aliphatic heterocycles. The molecule has 11 heavy (non-hydrogen) atoms. The highest BCUT2D eigenvalue weighted by atomic mass is 16.4. The topological polar surface area (TPSA) is 43.4 Å². The first-order valence-electron chi connectivity index (χ1n) is 3.74.